The van der Waals surface area contributed by atoms with Gasteiger partial charge in [0.05, 0.1) is 19.8 Å². The molecule has 0 N–H and O–H groups in total. The molecule has 0 spiro atoms. The maximum absolute atomic E-state index is 11.1. The number of ether oxygens (including phenoxy) is 3. The molecule has 2 rings (SSSR count). The molecule has 0 aliphatic rings. The van der Waals surface area contributed by atoms with Gasteiger partial charge in [0, 0.05) is 5.56 Å². The van der Waals surface area contributed by atoms with Crippen LogP contribution < -0.4 is 14.2 Å². The molecule has 0 aliphatic carbocycles. The van der Waals surface area contributed by atoms with E-state index < -0.39 is 0 Å². The van der Waals surface area contributed by atoms with Crippen molar-refractivity contribution in [2.75, 3.05) is 14.2 Å². The first-order valence-corrected chi connectivity index (χ1v) is 6.16. The van der Waals surface area contributed by atoms with Crippen LogP contribution in [0.2, 0.25) is 0 Å². The molecule has 0 saturated carbocycles. The van der Waals surface area contributed by atoms with Gasteiger partial charge in [-0.1, -0.05) is 18.2 Å². The third kappa shape index (κ3) is 3.09. The normalized spacial score (nSPS) is 9.90. The second-order valence-corrected chi connectivity index (χ2v) is 4.12. The highest BCUT2D eigenvalue weighted by Crippen LogP contribution is 2.25. The van der Waals surface area contributed by atoms with Gasteiger partial charge >= 0.3 is 0 Å². The average molecular weight is 272 g/mol. The van der Waals surface area contributed by atoms with Crippen LogP contribution in [-0.4, -0.2) is 20.5 Å². The Hall–Kier alpha value is -2.49. The Labute approximate surface area is 117 Å². The Morgan fingerprint density at radius 3 is 2.50 bits per heavy atom. The molecule has 4 heteroatoms. The minimum absolute atomic E-state index is 0.331. The Morgan fingerprint density at radius 2 is 1.80 bits per heavy atom. The van der Waals surface area contributed by atoms with Gasteiger partial charge in [0.2, 0.25) is 0 Å². The fourth-order valence-electron chi connectivity index (χ4n) is 1.85. The maximum atomic E-state index is 11.1. The fraction of sp³-hybridized carbons (Fsp3) is 0.188. The van der Waals surface area contributed by atoms with Crippen LogP contribution in [0.4, 0.5) is 0 Å². The van der Waals surface area contributed by atoms with Crippen molar-refractivity contribution >= 4 is 6.29 Å². The Bertz CT molecular complexity index is 593. The average Bonchev–Trinajstić information content (AvgIpc) is 2.52. The summed E-state index contributed by atoms with van der Waals surface area (Å²) in [6.45, 7) is 0.331. The number of para-hydroxylation sites is 1. The van der Waals surface area contributed by atoms with Crippen molar-refractivity contribution in [1.29, 1.82) is 0 Å². The van der Waals surface area contributed by atoms with E-state index >= 15 is 0 Å². The number of benzene rings is 2. The summed E-state index contributed by atoms with van der Waals surface area (Å²) in [5.74, 6) is 1.90. The van der Waals surface area contributed by atoms with E-state index in [2.05, 4.69) is 0 Å². The van der Waals surface area contributed by atoms with Gasteiger partial charge in [0.15, 0.2) is 6.29 Å². The van der Waals surface area contributed by atoms with E-state index in [4.69, 9.17) is 14.2 Å². The summed E-state index contributed by atoms with van der Waals surface area (Å²) in [6.07, 6.45) is 0.750. The van der Waals surface area contributed by atoms with Crippen LogP contribution in [-0.2, 0) is 6.61 Å². The summed E-state index contributed by atoms with van der Waals surface area (Å²) in [5, 5.41) is 0. The van der Waals surface area contributed by atoms with Gasteiger partial charge in [0.1, 0.15) is 23.9 Å². The van der Waals surface area contributed by atoms with E-state index in [0.29, 0.717) is 23.7 Å². The van der Waals surface area contributed by atoms with Gasteiger partial charge < -0.3 is 14.2 Å². The minimum Gasteiger partial charge on any atom is -0.497 e. The number of aldehydes is 1. The molecule has 4 nitrogen and oxygen atoms in total. The van der Waals surface area contributed by atoms with E-state index in [1.165, 1.54) is 0 Å². The van der Waals surface area contributed by atoms with Gasteiger partial charge in [-0.3, -0.25) is 4.79 Å². The maximum Gasteiger partial charge on any atom is 0.153 e. The van der Waals surface area contributed by atoms with Crippen molar-refractivity contribution in [2.45, 2.75) is 6.61 Å². The first kappa shape index (κ1) is 13.9. The highest BCUT2D eigenvalue weighted by molar-refractivity contribution is 5.80. The first-order chi connectivity index (χ1) is 9.78. The lowest BCUT2D eigenvalue weighted by atomic mass is 10.2. The quantitative estimate of drug-likeness (QED) is 0.758. The second-order valence-electron chi connectivity index (χ2n) is 4.12. The van der Waals surface area contributed by atoms with Gasteiger partial charge in [-0.2, -0.15) is 0 Å². The van der Waals surface area contributed by atoms with Crippen LogP contribution in [0.25, 0.3) is 0 Å². The van der Waals surface area contributed by atoms with Crippen LogP contribution in [0.5, 0.6) is 17.2 Å². The molecule has 0 saturated heterocycles. The standard InChI is InChI=1S/C16H16O4/c1-18-14-7-8-16(13(9-14)10-17)20-11-12-5-3-4-6-15(12)19-2/h3-10H,11H2,1-2H3. The molecule has 0 heterocycles. The highest BCUT2D eigenvalue weighted by Gasteiger charge is 2.07. The summed E-state index contributed by atoms with van der Waals surface area (Å²) in [5.41, 5.74) is 1.38. The zero-order valence-electron chi connectivity index (χ0n) is 11.5. The lowest BCUT2D eigenvalue weighted by molar-refractivity contribution is 0.111. The predicted molar refractivity (Wildman–Crippen MR) is 75.7 cm³/mol. The molecular weight excluding hydrogens is 256 g/mol. The van der Waals surface area contributed by atoms with E-state index in [9.17, 15) is 4.79 Å². The molecular formula is C16H16O4. The lowest BCUT2D eigenvalue weighted by Crippen LogP contribution is -2.00. The topological polar surface area (TPSA) is 44.8 Å². The summed E-state index contributed by atoms with van der Waals surface area (Å²) in [4.78, 5) is 11.1. The Balaban J connectivity index is 2.16. The predicted octanol–water partition coefficient (Wildman–Crippen LogP) is 3.10. The van der Waals surface area contributed by atoms with Gasteiger partial charge in [-0.05, 0) is 24.3 Å². The molecule has 2 aromatic carbocycles. The monoisotopic (exact) mass is 272 g/mol. The third-order valence-corrected chi connectivity index (χ3v) is 2.92. The van der Waals surface area contributed by atoms with Crippen molar-refractivity contribution in [3.63, 3.8) is 0 Å². The molecule has 0 atom stereocenters. The second kappa shape index (κ2) is 6.61. The van der Waals surface area contributed by atoms with Gasteiger partial charge in [0.25, 0.3) is 0 Å². The van der Waals surface area contributed by atoms with Crippen molar-refractivity contribution in [3.8, 4) is 17.2 Å². The number of hydrogen-bond acceptors (Lipinski definition) is 4. The van der Waals surface area contributed by atoms with E-state index in [0.717, 1.165) is 17.6 Å². The molecule has 0 fully saturated rings. The number of methoxy groups -OCH3 is 2. The van der Waals surface area contributed by atoms with Crippen molar-refractivity contribution in [3.05, 3.63) is 53.6 Å². The van der Waals surface area contributed by atoms with E-state index in [-0.39, 0.29) is 0 Å². The van der Waals surface area contributed by atoms with Crippen molar-refractivity contribution in [2.24, 2.45) is 0 Å². The summed E-state index contributed by atoms with van der Waals surface area (Å²) in [6, 6.07) is 12.7. The smallest absolute Gasteiger partial charge is 0.153 e. The van der Waals surface area contributed by atoms with Crippen LogP contribution >= 0.6 is 0 Å². The molecule has 20 heavy (non-hydrogen) atoms. The zero-order valence-corrected chi connectivity index (χ0v) is 11.5. The molecule has 0 aromatic heterocycles. The van der Waals surface area contributed by atoms with Crippen LogP contribution in [0, 0.1) is 0 Å². The number of hydrogen-bond donors (Lipinski definition) is 0. The SMILES string of the molecule is COc1ccc(OCc2ccccc2OC)c(C=O)c1. The van der Waals surface area contributed by atoms with Crippen LogP contribution in [0.3, 0.4) is 0 Å². The van der Waals surface area contributed by atoms with Crippen molar-refractivity contribution in [1.82, 2.24) is 0 Å². The summed E-state index contributed by atoms with van der Waals surface area (Å²) in [7, 11) is 3.17. The number of rotatable bonds is 6. The zero-order chi connectivity index (χ0) is 14.4. The molecule has 0 bridgehead atoms. The lowest BCUT2D eigenvalue weighted by Gasteiger charge is -2.12. The first-order valence-electron chi connectivity index (χ1n) is 6.16. The van der Waals surface area contributed by atoms with Gasteiger partial charge in [-0.25, -0.2) is 0 Å². The van der Waals surface area contributed by atoms with Gasteiger partial charge in [-0.15, -0.1) is 0 Å². The highest BCUT2D eigenvalue weighted by atomic mass is 16.5. The van der Waals surface area contributed by atoms with E-state index in [1.54, 1.807) is 32.4 Å². The van der Waals surface area contributed by atoms with Crippen LogP contribution in [0.15, 0.2) is 42.5 Å². The molecule has 2 aromatic rings. The van der Waals surface area contributed by atoms with E-state index in [1.807, 2.05) is 24.3 Å². The molecule has 0 unspecified atom stereocenters. The number of carbonyl (C=O) groups excluding carboxylic acids is 1. The molecule has 0 amide bonds. The third-order valence-electron chi connectivity index (χ3n) is 2.92. The van der Waals surface area contributed by atoms with Crippen molar-refractivity contribution < 1.29 is 19.0 Å². The Kier molecular flexibility index (Phi) is 4.60. The number of carbonyl (C=O) groups is 1. The molecule has 0 aliphatic heterocycles. The molecule has 0 radical (unpaired) electrons. The van der Waals surface area contributed by atoms with Crippen LogP contribution in [0.1, 0.15) is 15.9 Å². The summed E-state index contributed by atoms with van der Waals surface area (Å²) >= 11 is 0. The fourth-order valence-corrected chi connectivity index (χ4v) is 1.85. The Morgan fingerprint density at radius 1 is 1.00 bits per heavy atom. The minimum atomic E-state index is 0.331. The molecule has 104 valence electrons. The summed E-state index contributed by atoms with van der Waals surface area (Å²) < 4.78 is 16.0. The largest absolute Gasteiger partial charge is 0.497 e.